The normalized spacial score (nSPS) is 13.2. The first-order valence-electron chi connectivity index (χ1n) is 7.62. The molecular formula is C17H20N2O3S. The van der Waals surface area contributed by atoms with E-state index in [1.165, 1.54) is 11.3 Å². The third-order valence-corrected chi connectivity index (χ3v) is 5.07. The van der Waals surface area contributed by atoms with E-state index in [0.29, 0.717) is 11.4 Å². The summed E-state index contributed by atoms with van der Waals surface area (Å²) in [6, 6.07) is 5.91. The van der Waals surface area contributed by atoms with Gasteiger partial charge in [0.2, 0.25) is 6.79 Å². The van der Waals surface area contributed by atoms with Gasteiger partial charge in [-0.05, 0) is 24.1 Å². The van der Waals surface area contributed by atoms with Crippen LogP contribution in [0.5, 0.6) is 11.5 Å². The SMILES string of the molecule is CCc1ncc(C(=O)NCC(C)(C)c2ccc3c(c2)OCO3)s1. The summed E-state index contributed by atoms with van der Waals surface area (Å²) < 4.78 is 10.8. The molecule has 3 rings (SSSR count). The molecule has 0 fully saturated rings. The number of carbonyl (C=O) groups is 1. The lowest BCUT2D eigenvalue weighted by Gasteiger charge is -2.25. The molecule has 1 aliphatic rings. The van der Waals surface area contributed by atoms with Crippen LogP contribution in [0.15, 0.2) is 24.4 Å². The summed E-state index contributed by atoms with van der Waals surface area (Å²) in [5, 5.41) is 3.98. The third-order valence-electron chi connectivity index (χ3n) is 3.92. The molecule has 1 N–H and O–H groups in total. The third kappa shape index (κ3) is 3.32. The maximum atomic E-state index is 12.3. The summed E-state index contributed by atoms with van der Waals surface area (Å²) in [6.45, 7) is 7.01. The molecule has 0 radical (unpaired) electrons. The number of nitrogens with zero attached hydrogens (tertiary/aromatic N) is 1. The number of nitrogens with one attached hydrogen (secondary N) is 1. The highest BCUT2D eigenvalue weighted by Gasteiger charge is 2.25. The Hall–Kier alpha value is -2.08. The van der Waals surface area contributed by atoms with Crippen LogP contribution in [0.3, 0.4) is 0 Å². The highest BCUT2D eigenvalue weighted by Crippen LogP contribution is 2.36. The molecule has 0 atom stereocenters. The number of ether oxygens (including phenoxy) is 2. The van der Waals surface area contributed by atoms with E-state index in [-0.39, 0.29) is 18.1 Å². The lowest BCUT2D eigenvalue weighted by atomic mass is 9.84. The lowest BCUT2D eigenvalue weighted by molar-refractivity contribution is 0.0949. The van der Waals surface area contributed by atoms with E-state index in [1.54, 1.807) is 6.20 Å². The highest BCUT2D eigenvalue weighted by molar-refractivity contribution is 7.13. The zero-order valence-electron chi connectivity index (χ0n) is 13.5. The van der Waals surface area contributed by atoms with E-state index < -0.39 is 0 Å². The van der Waals surface area contributed by atoms with E-state index in [1.807, 2.05) is 25.1 Å². The summed E-state index contributed by atoms with van der Waals surface area (Å²) in [5.41, 5.74) is 0.884. The number of aromatic nitrogens is 1. The Balaban J connectivity index is 1.67. The minimum absolute atomic E-state index is 0.0731. The second kappa shape index (κ2) is 6.20. The van der Waals surface area contributed by atoms with Crippen LogP contribution in [0.4, 0.5) is 0 Å². The monoisotopic (exact) mass is 332 g/mol. The molecule has 0 saturated heterocycles. The number of hydrogen-bond donors (Lipinski definition) is 1. The van der Waals surface area contributed by atoms with Crippen LogP contribution >= 0.6 is 11.3 Å². The average molecular weight is 332 g/mol. The van der Waals surface area contributed by atoms with Gasteiger partial charge in [0, 0.05) is 12.0 Å². The van der Waals surface area contributed by atoms with E-state index >= 15 is 0 Å². The predicted molar refractivity (Wildman–Crippen MR) is 89.4 cm³/mol. The summed E-state index contributed by atoms with van der Waals surface area (Å²) in [6.07, 6.45) is 2.49. The van der Waals surface area contributed by atoms with E-state index in [0.717, 1.165) is 28.5 Å². The number of aryl methyl sites for hydroxylation is 1. The van der Waals surface area contributed by atoms with Crippen LogP contribution in [0.25, 0.3) is 0 Å². The largest absolute Gasteiger partial charge is 0.454 e. The molecule has 2 aromatic rings. The number of carbonyl (C=O) groups excluding carboxylic acids is 1. The molecule has 5 nitrogen and oxygen atoms in total. The zero-order valence-corrected chi connectivity index (χ0v) is 14.3. The van der Waals surface area contributed by atoms with Crippen molar-refractivity contribution in [1.82, 2.24) is 10.3 Å². The predicted octanol–water partition coefficient (Wildman–Crippen LogP) is 3.14. The van der Waals surface area contributed by atoms with Gasteiger partial charge in [-0.3, -0.25) is 4.79 Å². The molecule has 1 aliphatic heterocycles. The summed E-state index contributed by atoms with van der Waals surface area (Å²) >= 11 is 1.44. The van der Waals surface area contributed by atoms with Gasteiger partial charge in [0.25, 0.3) is 5.91 Å². The first kappa shape index (κ1) is 15.8. The van der Waals surface area contributed by atoms with Crippen molar-refractivity contribution in [2.45, 2.75) is 32.6 Å². The minimum Gasteiger partial charge on any atom is -0.454 e. The fourth-order valence-electron chi connectivity index (χ4n) is 2.39. The number of rotatable bonds is 5. The number of benzene rings is 1. The second-order valence-electron chi connectivity index (χ2n) is 6.11. The maximum absolute atomic E-state index is 12.3. The molecular weight excluding hydrogens is 312 g/mol. The molecule has 0 bridgehead atoms. The molecule has 23 heavy (non-hydrogen) atoms. The molecule has 0 saturated carbocycles. The van der Waals surface area contributed by atoms with Crippen LogP contribution in [0.1, 0.15) is 41.0 Å². The number of fused-ring (bicyclic) bond motifs is 1. The number of amides is 1. The van der Waals surface area contributed by atoms with Gasteiger partial charge in [-0.1, -0.05) is 26.8 Å². The maximum Gasteiger partial charge on any atom is 0.263 e. The molecule has 1 aromatic carbocycles. The fourth-order valence-corrected chi connectivity index (χ4v) is 3.16. The Morgan fingerprint density at radius 2 is 2.13 bits per heavy atom. The van der Waals surface area contributed by atoms with Crippen LogP contribution in [0.2, 0.25) is 0 Å². The Morgan fingerprint density at radius 3 is 2.87 bits per heavy atom. The fraction of sp³-hybridized carbons (Fsp3) is 0.412. The molecule has 2 heterocycles. The van der Waals surface area contributed by atoms with Gasteiger partial charge in [-0.2, -0.15) is 0 Å². The van der Waals surface area contributed by atoms with Gasteiger partial charge < -0.3 is 14.8 Å². The van der Waals surface area contributed by atoms with Gasteiger partial charge in [-0.25, -0.2) is 4.98 Å². The summed E-state index contributed by atoms with van der Waals surface area (Å²) in [5.74, 6) is 1.46. The zero-order chi connectivity index (χ0) is 16.4. The summed E-state index contributed by atoms with van der Waals surface area (Å²) in [7, 11) is 0. The van der Waals surface area contributed by atoms with E-state index in [2.05, 4.69) is 24.1 Å². The first-order valence-corrected chi connectivity index (χ1v) is 8.44. The topological polar surface area (TPSA) is 60.5 Å². The molecule has 122 valence electrons. The van der Waals surface area contributed by atoms with Gasteiger partial charge >= 0.3 is 0 Å². The van der Waals surface area contributed by atoms with Crippen LogP contribution < -0.4 is 14.8 Å². The summed E-state index contributed by atoms with van der Waals surface area (Å²) in [4.78, 5) is 17.1. The van der Waals surface area contributed by atoms with Crippen molar-refractivity contribution < 1.29 is 14.3 Å². The Kier molecular flexibility index (Phi) is 4.26. The number of hydrogen-bond acceptors (Lipinski definition) is 5. The van der Waals surface area contributed by atoms with Gasteiger partial charge in [0.15, 0.2) is 11.5 Å². The van der Waals surface area contributed by atoms with Crippen LogP contribution in [-0.2, 0) is 11.8 Å². The average Bonchev–Trinajstić information content (AvgIpc) is 3.20. The first-order chi connectivity index (χ1) is 11.0. The Bertz CT molecular complexity index is 724. The Labute approximate surface area is 139 Å². The quantitative estimate of drug-likeness (QED) is 0.914. The highest BCUT2D eigenvalue weighted by atomic mass is 32.1. The van der Waals surface area contributed by atoms with Gasteiger partial charge in [0.1, 0.15) is 4.88 Å². The lowest BCUT2D eigenvalue weighted by Crippen LogP contribution is -2.36. The molecule has 0 spiro atoms. The molecule has 1 aromatic heterocycles. The smallest absolute Gasteiger partial charge is 0.263 e. The van der Waals surface area contributed by atoms with Crippen LogP contribution in [0, 0.1) is 0 Å². The van der Waals surface area contributed by atoms with Crippen molar-refractivity contribution in [2.75, 3.05) is 13.3 Å². The second-order valence-corrected chi connectivity index (χ2v) is 7.22. The molecule has 6 heteroatoms. The minimum atomic E-state index is -0.213. The van der Waals surface area contributed by atoms with Crippen molar-refractivity contribution in [3.63, 3.8) is 0 Å². The van der Waals surface area contributed by atoms with Crippen molar-refractivity contribution in [3.8, 4) is 11.5 Å². The van der Waals surface area contributed by atoms with Crippen molar-refractivity contribution in [1.29, 1.82) is 0 Å². The van der Waals surface area contributed by atoms with Crippen molar-refractivity contribution >= 4 is 17.2 Å². The Morgan fingerprint density at radius 1 is 1.35 bits per heavy atom. The van der Waals surface area contributed by atoms with E-state index in [9.17, 15) is 4.79 Å². The van der Waals surface area contributed by atoms with E-state index in [4.69, 9.17) is 9.47 Å². The van der Waals surface area contributed by atoms with Crippen molar-refractivity contribution in [2.24, 2.45) is 0 Å². The van der Waals surface area contributed by atoms with Crippen LogP contribution in [-0.4, -0.2) is 24.2 Å². The standard InChI is InChI=1S/C17H20N2O3S/c1-4-15-18-8-14(23-15)16(20)19-9-17(2,3)11-5-6-12-13(7-11)22-10-21-12/h5-8H,4,9-10H2,1-3H3,(H,19,20). The van der Waals surface area contributed by atoms with Gasteiger partial charge in [-0.15, -0.1) is 11.3 Å². The number of thiazole rings is 1. The van der Waals surface area contributed by atoms with Gasteiger partial charge in [0.05, 0.1) is 11.2 Å². The molecule has 1 amide bonds. The molecule has 0 unspecified atom stereocenters. The van der Waals surface area contributed by atoms with Crippen molar-refractivity contribution in [3.05, 3.63) is 39.8 Å². The molecule has 0 aliphatic carbocycles.